The highest BCUT2D eigenvalue weighted by Crippen LogP contribution is 2.08. The van der Waals surface area contributed by atoms with E-state index in [0.29, 0.717) is 19.0 Å². The zero-order valence-electron chi connectivity index (χ0n) is 8.03. The Kier molecular flexibility index (Phi) is 3.33. The van der Waals surface area contributed by atoms with E-state index >= 15 is 0 Å². The van der Waals surface area contributed by atoms with Gasteiger partial charge in [-0.3, -0.25) is 0 Å². The Morgan fingerprint density at radius 1 is 1.38 bits per heavy atom. The number of nitrogens with zero attached hydrogens (tertiary/aromatic N) is 2. The monoisotopic (exact) mass is 181 g/mol. The van der Waals surface area contributed by atoms with Gasteiger partial charge in [-0.2, -0.15) is 0 Å². The molecule has 13 heavy (non-hydrogen) atoms. The van der Waals surface area contributed by atoms with Crippen molar-refractivity contribution in [2.75, 3.05) is 6.54 Å². The van der Waals surface area contributed by atoms with Gasteiger partial charge in [-0.05, 0) is 19.9 Å². The van der Waals surface area contributed by atoms with E-state index < -0.39 is 0 Å². The highest BCUT2D eigenvalue weighted by atomic mass is 16.5. The van der Waals surface area contributed by atoms with Crippen molar-refractivity contribution in [1.82, 2.24) is 9.97 Å². The summed E-state index contributed by atoms with van der Waals surface area (Å²) >= 11 is 0. The van der Waals surface area contributed by atoms with Gasteiger partial charge in [-0.1, -0.05) is 0 Å². The Hall–Kier alpha value is -1.00. The van der Waals surface area contributed by atoms with Crippen LogP contribution in [-0.4, -0.2) is 22.1 Å². The van der Waals surface area contributed by atoms with E-state index in [0.717, 1.165) is 0 Å². The Morgan fingerprint density at radius 3 is 2.54 bits per heavy atom. The average molecular weight is 181 g/mol. The fourth-order valence-electron chi connectivity index (χ4n) is 0.723. The van der Waals surface area contributed by atoms with Gasteiger partial charge < -0.3 is 10.5 Å². The summed E-state index contributed by atoms with van der Waals surface area (Å²) in [6.45, 7) is 4.77. The Bertz CT molecular complexity index is 248. The van der Waals surface area contributed by atoms with Crippen LogP contribution < -0.4 is 5.73 Å². The Balaban J connectivity index is 2.44. The summed E-state index contributed by atoms with van der Waals surface area (Å²) in [5.74, 6) is 0.684. The molecule has 0 aliphatic rings. The van der Waals surface area contributed by atoms with Gasteiger partial charge in [0.1, 0.15) is 6.61 Å². The second-order valence-electron chi connectivity index (χ2n) is 3.42. The van der Waals surface area contributed by atoms with Crippen LogP contribution in [0.25, 0.3) is 0 Å². The van der Waals surface area contributed by atoms with Gasteiger partial charge in [0.25, 0.3) is 0 Å². The van der Waals surface area contributed by atoms with Gasteiger partial charge in [0.15, 0.2) is 5.82 Å². The van der Waals surface area contributed by atoms with E-state index in [2.05, 4.69) is 9.97 Å². The zero-order chi connectivity index (χ0) is 9.73. The fraction of sp³-hybridized carbons (Fsp3) is 0.556. The first-order chi connectivity index (χ1) is 6.14. The van der Waals surface area contributed by atoms with Gasteiger partial charge >= 0.3 is 0 Å². The molecule has 1 heterocycles. The number of rotatable bonds is 4. The van der Waals surface area contributed by atoms with Crippen molar-refractivity contribution in [3.05, 3.63) is 24.3 Å². The Morgan fingerprint density at radius 2 is 2.00 bits per heavy atom. The first kappa shape index (κ1) is 10.1. The molecular weight excluding hydrogens is 166 g/mol. The summed E-state index contributed by atoms with van der Waals surface area (Å²) in [6.07, 6.45) is 3.39. The molecule has 0 aliphatic heterocycles. The van der Waals surface area contributed by atoms with Crippen LogP contribution in [0.15, 0.2) is 18.5 Å². The van der Waals surface area contributed by atoms with Crippen LogP contribution in [0, 0.1) is 0 Å². The molecule has 0 atom stereocenters. The van der Waals surface area contributed by atoms with Crippen LogP contribution >= 0.6 is 0 Å². The molecule has 72 valence electrons. The molecular formula is C9H15N3O. The summed E-state index contributed by atoms with van der Waals surface area (Å²) in [5, 5.41) is 0. The van der Waals surface area contributed by atoms with E-state index in [1.807, 2.05) is 13.8 Å². The summed E-state index contributed by atoms with van der Waals surface area (Å²) < 4.78 is 5.51. The van der Waals surface area contributed by atoms with Gasteiger partial charge in [-0.15, -0.1) is 0 Å². The van der Waals surface area contributed by atoms with Crippen molar-refractivity contribution in [2.24, 2.45) is 5.73 Å². The molecule has 0 aromatic carbocycles. The third-order valence-corrected chi connectivity index (χ3v) is 1.70. The molecule has 0 saturated heterocycles. The summed E-state index contributed by atoms with van der Waals surface area (Å²) in [5.41, 5.74) is 5.20. The van der Waals surface area contributed by atoms with Crippen molar-refractivity contribution in [3.63, 3.8) is 0 Å². The minimum atomic E-state index is -0.306. The second-order valence-corrected chi connectivity index (χ2v) is 3.42. The van der Waals surface area contributed by atoms with Crippen LogP contribution in [0.2, 0.25) is 0 Å². The lowest BCUT2D eigenvalue weighted by Gasteiger charge is -2.22. The second kappa shape index (κ2) is 4.30. The predicted octanol–water partition coefficient (Wildman–Crippen LogP) is 0.730. The normalized spacial score (nSPS) is 11.6. The molecule has 0 unspecified atom stereocenters. The van der Waals surface area contributed by atoms with Crippen molar-refractivity contribution in [1.29, 1.82) is 0 Å². The van der Waals surface area contributed by atoms with Crippen LogP contribution in [0.3, 0.4) is 0 Å². The number of aromatic nitrogens is 2. The highest BCUT2D eigenvalue weighted by Gasteiger charge is 2.15. The molecule has 0 amide bonds. The van der Waals surface area contributed by atoms with Gasteiger partial charge in [-0.25, -0.2) is 9.97 Å². The molecule has 0 spiro atoms. The topological polar surface area (TPSA) is 61.0 Å². The predicted molar refractivity (Wildman–Crippen MR) is 50.0 cm³/mol. The van der Waals surface area contributed by atoms with E-state index in [1.54, 1.807) is 18.5 Å². The number of nitrogens with two attached hydrogens (primary N) is 1. The summed E-state index contributed by atoms with van der Waals surface area (Å²) in [6, 6.07) is 1.78. The molecule has 0 aliphatic carbocycles. The fourth-order valence-corrected chi connectivity index (χ4v) is 0.723. The SMILES string of the molecule is CC(C)(CN)OCc1ncccn1. The molecule has 0 bridgehead atoms. The van der Waals surface area contributed by atoms with E-state index in [4.69, 9.17) is 10.5 Å². The van der Waals surface area contributed by atoms with E-state index in [1.165, 1.54) is 0 Å². The smallest absolute Gasteiger partial charge is 0.153 e. The minimum absolute atomic E-state index is 0.306. The maximum absolute atomic E-state index is 5.51. The molecule has 2 N–H and O–H groups in total. The highest BCUT2D eigenvalue weighted by molar-refractivity contribution is 4.87. The molecule has 4 heteroatoms. The molecule has 0 radical (unpaired) electrons. The first-order valence-corrected chi connectivity index (χ1v) is 4.24. The minimum Gasteiger partial charge on any atom is -0.366 e. The van der Waals surface area contributed by atoms with Crippen LogP contribution in [0.1, 0.15) is 19.7 Å². The van der Waals surface area contributed by atoms with Crippen LogP contribution in [0.5, 0.6) is 0 Å². The quantitative estimate of drug-likeness (QED) is 0.743. The standard InChI is InChI=1S/C9H15N3O/c1-9(2,7-10)13-6-8-11-4-3-5-12-8/h3-5H,6-7,10H2,1-2H3. The van der Waals surface area contributed by atoms with E-state index in [-0.39, 0.29) is 5.60 Å². The lowest BCUT2D eigenvalue weighted by Crippen LogP contribution is -2.34. The van der Waals surface area contributed by atoms with Crippen molar-refractivity contribution < 1.29 is 4.74 Å². The van der Waals surface area contributed by atoms with Crippen LogP contribution in [0.4, 0.5) is 0 Å². The molecule has 1 aromatic rings. The molecule has 4 nitrogen and oxygen atoms in total. The maximum Gasteiger partial charge on any atom is 0.153 e. The third-order valence-electron chi connectivity index (χ3n) is 1.70. The van der Waals surface area contributed by atoms with Crippen LogP contribution in [-0.2, 0) is 11.3 Å². The third kappa shape index (κ3) is 3.48. The van der Waals surface area contributed by atoms with Gasteiger partial charge in [0.05, 0.1) is 5.60 Å². The number of ether oxygens (including phenoxy) is 1. The van der Waals surface area contributed by atoms with E-state index in [9.17, 15) is 0 Å². The summed E-state index contributed by atoms with van der Waals surface area (Å²) in [7, 11) is 0. The molecule has 1 aromatic heterocycles. The molecule has 1 rings (SSSR count). The summed E-state index contributed by atoms with van der Waals surface area (Å²) in [4.78, 5) is 8.08. The average Bonchev–Trinajstić information content (AvgIpc) is 2.17. The lowest BCUT2D eigenvalue weighted by molar-refractivity contribution is -0.0252. The number of hydrogen-bond donors (Lipinski definition) is 1. The van der Waals surface area contributed by atoms with Crippen molar-refractivity contribution in [3.8, 4) is 0 Å². The van der Waals surface area contributed by atoms with Gasteiger partial charge in [0, 0.05) is 18.9 Å². The maximum atomic E-state index is 5.51. The zero-order valence-corrected chi connectivity index (χ0v) is 8.03. The first-order valence-electron chi connectivity index (χ1n) is 4.24. The largest absolute Gasteiger partial charge is 0.366 e. The van der Waals surface area contributed by atoms with Gasteiger partial charge in [0.2, 0.25) is 0 Å². The van der Waals surface area contributed by atoms with Crippen molar-refractivity contribution >= 4 is 0 Å². The molecule has 0 fully saturated rings. The Labute approximate surface area is 78.1 Å². The van der Waals surface area contributed by atoms with Crippen molar-refractivity contribution in [2.45, 2.75) is 26.1 Å². The molecule has 0 saturated carbocycles. The lowest BCUT2D eigenvalue weighted by atomic mass is 10.1. The number of hydrogen-bond acceptors (Lipinski definition) is 4.